The largest absolute Gasteiger partial charge is 0.507 e. The summed E-state index contributed by atoms with van der Waals surface area (Å²) < 4.78 is 16.9. The van der Waals surface area contributed by atoms with Crippen LogP contribution < -0.4 is 14.2 Å². The fraction of sp³-hybridized carbons (Fsp3) is 0.333. The topological polar surface area (TPSA) is 88.5 Å². The van der Waals surface area contributed by atoms with Crippen LogP contribution in [0.4, 0.5) is 0 Å². The van der Waals surface area contributed by atoms with Crippen molar-refractivity contribution in [1.82, 2.24) is 9.80 Å². The number of ketones is 1. The van der Waals surface area contributed by atoms with Gasteiger partial charge in [-0.15, -0.1) is 0 Å². The standard InChI is InChI=1S/C33H38N2O6/c1-6-34(7-2)17-18-35-30(24-13-16-27(39-4)28(20-24)40-5)29(32(37)33(35)38)31(36)25-14-15-26(22(3)19-25)41-21-23-11-9-8-10-12-23/h8-16,19-20,30,36H,6-7,17-18,21H2,1-5H3/t30-/m1/s1. The van der Waals surface area contributed by atoms with E-state index in [1.165, 1.54) is 12.0 Å². The molecule has 1 atom stereocenters. The molecular formula is C33H38N2O6. The minimum absolute atomic E-state index is 0.0409. The maximum atomic E-state index is 13.5. The number of methoxy groups -OCH3 is 2. The number of ether oxygens (including phenoxy) is 3. The van der Waals surface area contributed by atoms with Crippen LogP contribution in [0.15, 0.2) is 72.3 Å². The zero-order valence-electron chi connectivity index (χ0n) is 24.3. The predicted molar refractivity (Wildman–Crippen MR) is 158 cm³/mol. The first-order chi connectivity index (χ1) is 19.8. The van der Waals surface area contributed by atoms with E-state index in [0.717, 1.165) is 24.2 Å². The number of benzene rings is 3. The molecule has 8 heteroatoms. The molecule has 1 amide bonds. The molecule has 8 nitrogen and oxygen atoms in total. The fourth-order valence-corrected chi connectivity index (χ4v) is 5.12. The number of likely N-dealkylation sites (N-methyl/N-ethyl adjacent to an activating group) is 1. The SMILES string of the molecule is CCN(CC)CCN1C(=O)C(=O)C(=C(O)c2ccc(OCc3ccccc3)c(C)c2)[C@H]1c1ccc(OC)c(OC)c1. The number of Topliss-reactive ketones (excluding diaryl/α,β-unsaturated/α-hetero) is 1. The van der Waals surface area contributed by atoms with Crippen LogP contribution in [0.2, 0.25) is 0 Å². The van der Waals surface area contributed by atoms with Crippen LogP contribution >= 0.6 is 0 Å². The summed E-state index contributed by atoms with van der Waals surface area (Å²) in [5.74, 6) is 0.0720. The lowest BCUT2D eigenvalue weighted by Crippen LogP contribution is -2.38. The highest BCUT2D eigenvalue weighted by molar-refractivity contribution is 6.46. The van der Waals surface area contributed by atoms with E-state index in [4.69, 9.17) is 14.2 Å². The van der Waals surface area contributed by atoms with Crippen LogP contribution in [-0.4, -0.2) is 67.0 Å². The van der Waals surface area contributed by atoms with Crippen molar-refractivity contribution in [3.8, 4) is 17.2 Å². The number of aliphatic hydroxyl groups is 1. The third-order valence-corrected chi connectivity index (χ3v) is 7.50. The minimum Gasteiger partial charge on any atom is -0.507 e. The first-order valence-corrected chi connectivity index (χ1v) is 13.8. The summed E-state index contributed by atoms with van der Waals surface area (Å²) in [4.78, 5) is 30.6. The predicted octanol–water partition coefficient (Wildman–Crippen LogP) is 5.35. The van der Waals surface area contributed by atoms with Gasteiger partial charge in [-0.3, -0.25) is 9.59 Å². The molecule has 0 radical (unpaired) electrons. The van der Waals surface area contributed by atoms with Gasteiger partial charge in [0.1, 0.15) is 18.1 Å². The quantitative estimate of drug-likeness (QED) is 0.182. The summed E-state index contributed by atoms with van der Waals surface area (Å²) in [5, 5.41) is 11.6. The molecule has 0 aromatic heterocycles. The molecule has 0 spiro atoms. The number of carbonyl (C=O) groups is 2. The van der Waals surface area contributed by atoms with Crippen molar-refractivity contribution < 1.29 is 28.9 Å². The van der Waals surface area contributed by atoms with Gasteiger partial charge in [-0.2, -0.15) is 0 Å². The smallest absolute Gasteiger partial charge is 0.295 e. The van der Waals surface area contributed by atoms with Gasteiger partial charge in [0.2, 0.25) is 0 Å². The van der Waals surface area contributed by atoms with Crippen molar-refractivity contribution >= 4 is 17.4 Å². The van der Waals surface area contributed by atoms with Gasteiger partial charge in [-0.25, -0.2) is 0 Å². The zero-order valence-corrected chi connectivity index (χ0v) is 24.3. The molecule has 0 bridgehead atoms. The Hall–Kier alpha value is -4.30. The number of hydrogen-bond donors (Lipinski definition) is 1. The van der Waals surface area contributed by atoms with Gasteiger partial charge in [0.25, 0.3) is 11.7 Å². The number of rotatable bonds is 12. The fourth-order valence-electron chi connectivity index (χ4n) is 5.12. The van der Waals surface area contributed by atoms with Crippen molar-refractivity contribution in [3.05, 3.63) is 94.6 Å². The van der Waals surface area contributed by atoms with Crippen molar-refractivity contribution in [1.29, 1.82) is 0 Å². The van der Waals surface area contributed by atoms with Crippen LogP contribution in [0.5, 0.6) is 17.2 Å². The van der Waals surface area contributed by atoms with Crippen molar-refractivity contribution in [2.75, 3.05) is 40.4 Å². The van der Waals surface area contributed by atoms with Crippen LogP contribution in [0, 0.1) is 6.92 Å². The number of aryl methyl sites for hydroxylation is 1. The highest BCUT2D eigenvalue weighted by Crippen LogP contribution is 2.42. The van der Waals surface area contributed by atoms with E-state index in [1.54, 1.807) is 43.5 Å². The Balaban J connectivity index is 1.73. The molecule has 3 aromatic carbocycles. The van der Waals surface area contributed by atoms with E-state index in [-0.39, 0.29) is 11.3 Å². The van der Waals surface area contributed by atoms with Crippen LogP contribution in [0.3, 0.4) is 0 Å². The summed E-state index contributed by atoms with van der Waals surface area (Å²) in [6, 6.07) is 19.6. The Bertz CT molecular complexity index is 1410. The lowest BCUT2D eigenvalue weighted by molar-refractivity contribution is -0.140. The lowest BCUT2D eigenvalue weighted by Gasteiger charge is -2.28. The van der Waals surface area contributed by atoms with Gasteiger partial charge in [0.05, 0.1) is 25.8 Å². The average molecular weight is 559 g/mol. The van der Waals surface area contributed by atoms with E-state index in [2.05, 4.69) is 18.7 Å². The first kappa shape index (κ1) is 29.7. The minimum atomic E-state index is -0.792. The Morgan fingerprint density at radius 1 is 0.902 bits per heavy atom. The second-order valence-corrected chi connectivity index (χ2v) is 9.89. The van der Waals surface area contributed by atoms with Gasteiger partial charge in [-0.05, 0) is 67.0 Å². The summed E-state index contributed by atoms with van der Waals surface area (Å²) >= 11 is 0. The number of aliphatic hydroxyl groups excluding tert-OH is 1. The van der Waals surface area contributed by atoms with Crippen LogP contribution in [-0.2, 0) is 16.2 Å². The Kier molecular flexibility index (Phi) is 9.68. The molecule has 1 fully saturated rings. The van der Waals surface area contributed by atoms with E-state index >= 15 is 0 Å². The normalized spacial score (nSPS) is 16.3. The van der Waals surface area contributed by atoms with Crippen molar-refractivity contribution in [3.63, 3.8) is 0 Å². The number of hydrogen-bond acceptors (Lipinski definition) is 7. The van der Waals surface area contributed by atoms with Crippen molar-refractivity contribution in [2.24, 2.45) is 0 Å². The number of amides is 1. The summed E-state index contributed by atoms with van der Waals surface area (Å²) in [6.07, 6.45) is 0. The molecule has 4 rings (SSSR count). The van der Waals surface area contributed by atoms with E-state index in [1.807, 2.05) is 37.3 Å². The second kappa shape index (κ2) is 13.4. The Labute approximate surface area is 241 Å². The molecular weight excluding hydrogens is 520 g/mol. The van der Waals surface area contributed by atoms with E-state index in [0.29, 0.717) is 48.1 Å². The van der Waals surface area contributed by atoms with Crippen LogP contribution in [0.25, 0.3) is 5.76 Å². The third kappa shape index (κ3) is 6.38. The van der Waals surface area contributed by atoms with Gasteiger partial charge < -0.3 is 29.1 Å². The van der Waals surface area contributed by atoms with Crippen LogP contribution in [0.1, 0.15) is 42.1 Å². The van der Waals surface area contributed by atoms with Crippen molar-refractivity contribution in [2.45, 2.75) is 33.4 Å². The van der Waals surface area contributed by atoms with Gasteiger partial charge >= 0.3 is 0 Å². The molecule has 1 saturated heterocycles. The molecule has 1 aliphatic rings. The Morgan fingerprint density at radius 2 is 1.59 bits per heavy atom. The number of nitrogens with zero attached hydrogens (tertiary/aromatic N) is 2. The average Bonchev–Trinajstić information content (AvgIpc) is 3.25. The first-order valence-electron chi connectivity index (χ1n) is 13.8. The third-order valence-electron chi connectivity index (χ3n) is 7.50. The Morgan fingerprint density at radius 3 is 2.22 bits per heavy atom. The van der Waals surface area contributed by atoms with Gasteiger partial charge in [0, 0.05) is 18.7 Å². The molecule has 216 valence electrons. The summed E-state index contributed by atoms with van der Waals surface area (Å²) in [5.41, 5.74) is 2.95. The maximum absolute atomic E-state index is 13.5. The highest BCUT2D eigenvalue weighted by Gasteiger charge is 2.46. The van der Waals surface area contributed by atoms with E-state index < -0.39 is 17.7 Å². The molecule has 0 unspecified atom stereocenters. The highest BCUT2D eigenvalue weighted by atomic mass is 16.5. The van der Waals surface area contributed by atoms with Gasteiger partial charge in [-0.1, -0.05) is 50.2 Å². The maximum Gasteiger partial charge on any atom is 0.295 e. The molecule has 0 saturated carbocycles. The van der Waals surface area contributed by atoms with Gasteiger partial charge in [0.15, 0.2) is 11.5 Å². The molecule has 41 heavy (non-hydrogen) atoms. The number of likely N-dealkylation sites (tertiary alicyclic amines) is 1. The summed E-state index contributed by atoms with van der Waals surface area (Å²) in [7, 11) is 3.08. The monoisotopic (exact) mass is 558 g/mol. The number of carbonyl (C=O) groups excluding carboxylic acids is 2. The second-order valence-electron chi connectivity index (χ2n) is 9.89. The molecule has 1 N–H and O–H groups in total. The molecule has 1 heterocycles. The molecule has 1 aliphatic heterocycles. The molecule has 0 aliphatic carbocycles. The summed E-state index contributed by atoms with van der Waals surface area (Å²) in [6.45, 7) is 8.95. The zero-order chi connectivity index (χ0) is 29.5. The lowest BCUT2D eigenvalue weighted by atomic mass is 9.94. The molecule has 3 aromatic rings. The van der Waals surface area contributed by atoms with E-state index in [9.17, 15) is 14.7 Å².